The highest BCUT2D eigenvalue weighted by Gasteiger charge is 2.23. The van der Waals surface area contributed by atoms with E-state index in [-0.39, 0.29) is 17.0 Å². The summed E-state index contributed by atoms with van der Waals surface area (Å²) in [7, 11) is 2.13. The number of pyridine rings is 1. The molecule has 1 saturated heterocycles. The normalized spacial score (nSPS) is 16.4. The summed E-state index contributed by atoms with van der Waals surface area (Å²) in [6, 6.07) is 3.02. The molecule has 7 heteroatoms. The number of benzene rings is 1. The zero-order chi connectivity index (χ0) is 20.4. The molecule has 2 heterocycles. The van der Waals surface area contributed by atoms with Crippen LogP contribution in [0.2, 0.25) is 0 Å². The van der Waals surface area contributed by atoms with Crippen LogP contribution >= 0.6 is 0 Å². The van der Waals surface area contributed by atoms with E-state index in [1.807, 2.05) is 30.2 Å². The number of aromatic nitrogens is 1. The Kier molecular flexibility index (Phi) is 6.03. The summed E-state index contributed by atoms with van der Waals surface area (Å²) in [5.74, 6) is -0.818. The summed E-state index contributed by atoms with van der Waals surface area (Å²) >= 11 is 0. The number of anilines is 1. The molecular weight excluding hydrogens is 359 g/mol. The number of halogens is 1. The molecule has 1 aliphatic rings. The van der Waals surface area contributed by atoms with Gasteiger partial charge >= 0.3 is 0 Å². The van der Waals surface area contributed by atoms with Gasteiger partial charge in [-0.3, -0.25) is 9.59 Å². The van der Waals surface area contributed by atoms with Gasteiger partial charge in [0.2, 0.25) is 5.43 Å². The van der Waals surface area contributed by atoms with Crippen molar-refractivity contribution in [3.63, 3.8) is 0 Å². The maximum Gasteiger partial charge on any atom is 0.256 e. The van der Waals surface area contributed by atoms with E-state index in [1.54, 1.807) is 12.3 Å². The van der Waals surface area contributed by atoms with Crippen molar-refractivity contribution in [3.8, 4) is 0 Å². The van der Waals surface area contributed by atoms with Crippen LogP contribution in [0.1, 0.15) is 37.6 Å². The minimum Gasteiger partial charge on any atom is -0.358 e. The Morgan fingerprint density at radius 2 is 1.96 bits per heavy atom. The van der Waals surface area contributed by atoms with Gasteiger partial charge in [-0.1, -0.05) is 6.92 Å². The van der Waals surface area contributed by atoms with Gasteiger partial charge in [-0.2, -0.15) is 0 Å². The third-order valence-electron chi connectivity index (χ3n) is 5.68. The highest BCUT2D eigenvalue weighted by molar-refractivity contribution is 5.98. The first-order valence-electron chi connectivity index (χ1n) is 10.1. The Labute approximate surface area is 164 Å². The number of hydrogen-bond acceptors (Lipinski definition) is 3. The lowest BCUT2D eigenvalue weighted by Gasteiger charge is -2.32. The van der Waals surface area contributed by atoms with Crippen LogP contribution in [-0.4, -0.2) is 49.7 Å². The van der Waals surface area contributed by atoms with Crippen molar-refractivity contribution in [2.75, 3.05) is 38.1 Å². The molecule has 1 aromatic heterocycles. The largest absolute Gasteiger partial charge is 0.358 e. The number of amides is 1. The molecular formula is C21H30FN4O2+. The number of likely N-dealkylation sites (N-methyl/N-ethyl adjacent to an activating group) is 1. The van der Waals surface area contributed by atoms with Crippen molar-refractivity contribution in [2.24, 2.45) is 0 Å². The Morgan fingerprint density at radius 1 is 1.29 bits per heavy atom. The first kappa shape index (κ1) is 20.3. The second-order valence-corrected chi connectivity index (χ2v) is 7.71. The summed E-state index contributed by atoms with van der Waals surface area (Å²) in [5.41, 5.74) is 0.826. The van der Waals surface area contributed by atoms with Gasteiger partial charge in [0.1, 0.15) is 11.4 Å². The third-order valence-corrected chi connectivity index (χ3v) is 5.68. The number of carbonyl (C=O) groups excluding carboxylic acids is 1. The van der Waals surface area contributed by atoms with E-state index in [0.29, 0.717) is 17.7 Å². The molecule has 2 aromatic rings. The van der Waals surface area contributed by atoms with Gasteiger partial charge in [-0.25, -0.2) is 4.39 Å². The molecule has 6 nitrogen and oxygen atoms in total. The monoisotopic (exact) mass is 389 g/mol. The van der Waals surface area contributed by atoms with E-state index in [9.17, 15) is 14.0 Å². The van der Waals surface area contributed by atoms with Crippen LogP contribution in [0.3, 0.4) is 0 Å². The maximum absolute atomic E-state index is 14.9. The topological polar surface area (TPSA) is 58.8 Å². The van der Waals surface area contributed by atoms with Crippen LogP contribution in [0.15, 0.2) is 23.1 Å². The third kappa shape index (κ3) is 3.90. The average molecular weight is 389 g/mol. The summed E-state index contributed by atoms with van der Waals surface area (Å²) < 4.78 is 16.8. The molecule has 1 aliphatic heterocycles. The predicted octanol–water partition coefficient (Wildman–Crippen LogP) is 1.02. The van der Waals surface area contributed by atoms with Gasteiger partial charge in [0.15, 0.2) is 0 Å². The minimum absolute atomic E-state index is 0.0313. The van der Waals surface area contributed by atoms with E-state index >= 15 is 0 Å². The number of nitrogens with one attached hydrogen (secondary N) is 2. The fourth-order valence-electron chi connectivity index (χ4n) is 3.60. The van der Waals surface area contributed by atoms with Crippen molar-refractivity contribution in [3.05, 3.63) is 39.9 Å². The second-order valence-electron chi connectivity index (χ2n) is 7.71. The van der Waals surface area contributed by atoms with Crippen LogP contribution in [0.4, 0.5) is 10.1 Å². The molecule has 2 N–H and O–H groups in total. The Bertz CT molecular complexity index is 932. The zero-order valence-electron chi connectivity index (χ0n) is 17.1. The lowest BCUT2D eigenvalue weighted by molar-refractivity contribution is -0.880. The van der Waals surface area contributed by atoms with E-state index in [0.717, 1.165) is 32.6 Å². The Hall–Kier alpha value is -2.41. The van der Waals surface area contributed by atoms with Gasteiger partial charge in [-0.05, 0) is 32.4 Å². The summed E-state index contributed by atoms with van der Waals surface area (Å²) in [5, 5.41) is 3.08. The van der Waals surface area contributed by atoms with Gasteiger partial charge in [-0.15, -0.1) is 0 Å². The number of quaternary nitrogens is 1. The molecule has 3 rings (SSSR count). The van der Waals surface area contributed by atoms with Crippen LogP contribution < -0.4 is 20.5 Å². The van der Waals surface area contributed by atoms with E-state index in [2.05, 4.69) is 12.4 Å². The first-order chi connectivity index (χ1) is 13.3. The number of fused-ring (bicyclic) bond motifs is 1. The number of rotatable bonds is 5. The SMILES string of the molecule is CC[C@@H](C)NC(=O)c1cn(CC)c2cc(N3CC[NH+](C)CC3)c(F)cc2c1=O. The molecule has 0 saturated carbocycles. The van der Waals surface area contributed by atoms with Crippen molar-refractivity contribution < 1.29 is 14.1 Å². The highest BCUT2D eigenvalue weighted by atomic mass is 19.1. The minimum atomic E-state index is -0.422. The predicted molar refractivity (Wildman–Crippen MR) is 110 cm³/mol. The Balaban J connectivity index is 2.08. The number of aryl methyl sites for hydroxylation is 1. The van der Waals surface area contributed by atoms with Crippen LogP contribution in [0.25, 0.3) is 10.9 Å². The standard InChI is InChI=1S/C21H29FN4O2/c1-5-14(3)23-21(28)16-13-25(6-2)18-12-19(17(22)11-15(18)20(16)27)26-9-7-24(4)8-10-26/h11-14H,5-10H2,1-4H3,(H,23,28)/p+1/t14-/m1/s1. The van der Waals surface area contributed by atoms with Crippen LogP contribution in [0.5, 0.6) is 0 Å². The van der Waals surface area contributed by atoms with Crippen LogP contribution in [-0.2, 0) is 6.54 Å². The highest BCUT2D eigenvalue weighted by Crippen LogP contribution is 2.25. The summed E-state index contributed by atoms with van der Waals surface area (Å²) in [6.45, 7) is 9.84. The average Bonchev–Trinajstić information content (AvgIpc) is 2.68. The molecule has 1 atom stereocenters. The molecule has 1 aromatic carbocycles. The molecule has 1 amide bonds. The molecule has 0 aliphatic carbocycles. The number of hydrogen-bond donors (Lipinski definition) is 2. The molecule has 0 bridgehead atoms. The lowest BCUT2D eigenvalue weighted by Crippen LogP contribution is -3.12. The van der Waals surface area contributed by atoms with E-state index in [4.69, 9.17) is 0 Å². The van der Waals surface area contributed by atoms with Gasteiger partial charge < -0.3 is 19.7 Å². The molecule has 0 radical (unpaired) electrons. The second kappa shape index (κ2) is 8.31. The number of nitrogens with zero attached hydrogens (tertiary/aromatic N) is 2. The van der Waals surface area contributed by atoms with Gasteiger partial charge in [0.25, 0.3) is 5.91 Å². The maximum atomic E-state index is 14.9. The van der Waals surface area contributed by atoms with Crippen molar-refractivity contribution in [2.45, 2.75) is 39.8 Å². The summed E-state index contributed by atoms with van der Waals surface area (Å²) in [4.78, 5) is 28.9. The first-order valence-corrected chi connectivity index (χ1v) is 10.1. The zero-order valence-corrected chi connectivity index (χ0v) is 17.1. The van der Waals surface area contributed by atoms with E-state index < -0.39 is 17.2 Å². The summed E-state index contributed by atoms with van der Waals surface area (Å²) in [6.07, 6.45) is 2.37. The molecule has 28 heavy (non-hydrogen) atoms. The number of carbonyl (C=O) groups is 1. The number of piperazine rings is 1. The van der Waals surface area contributed by atoms with Crippen molar-refractivity contribution in [1.29, 1.82) is 0 Å². The van der Waals surface area contributed by atoms with Gasteiger partial charge in [0.05, 0.1) is 44.4 Å². The van der Waals surface area contributed by atoms with E-state index in [1.165, 1.54) is 11.0 Å². The fourth-order valence-corrected chi connectivity index (χ4v) is 3.60. The quantitative estimate of drug-likeness (QED) is 0.803. The van der Waals surface area contributed by atoms with Crippen LogP contribution in [0, 0.1) is 5.82 Å². The molecule has 0 spiro atoms. The molecule has 152 valence electrons. The van der Waals surface area contributed by atoms with Crippen molar-refractivity contribution >= 4 is 22.5 Å². The van der Waals surface area contributed by atoms with Crippen molar-refractivity contribution in [1.82, 2.24) is 9.88 Å². The Morgan fingerprint density at radius 3 is 2.57 bits per heavy atom. The fraction of sp³-hybridized carbons (Fsp3) is 0.524. The smallest absolute Gasteiger partial charge is 0.256 e. The van der Waals surface area contributed by atoms with Gasteiger partial charge in [0, 0.05) is 24.2 Å². The molecule has 1 fully saturated rings. The molecule has 0 unspecified atom stereocenters. The lowest BCUT2D eigenvalue weighted by atomic mass is 10.1.